The molecule has 0 unspecified atom stereocenters. The van der Waals surface area contributed by atoms with Crippen molar-refractivity contribution in [1.29, 1.82) is 0 Å². The van der Waals surface area contributed by atoms with E-state index in [1.54, 1.807) is 0 Å². The van der Waals surface area contributed by atoms with Crippen molar-refractivity contribution in [2.75, 3.05) is 24.7 Å². The Bertz CT molecular complexity index is 1010. The van der Waals surface area contributed by atoms with Gasteiger partial charge in [-0.05, 0) is 6.07 Å². The van der Waals surface area contributed by atoms with Gasteiger partial charge in [0, 0.05) is 6.20 Å². The summed E-state index contributed by atoms with van der Waals surface area (Å²) in [6.07, 6.45) is -6.94. The molecule has 188 valence electrons. The van der Waals surface area contributed by atoms with Gasteiger partial charge in [-0.25, -0.2) is 14.6 Å². The van der Waals surface area contributed by atoms with E-state index in [0.29, 0.717) is 0 Å². The highest BCUT2D eigenvalue weighted by Gasteiger charge is 2.44. The van der Waals surface area contributed by atoms with Crippen molar-refractivity contribution in [3.63, 3.8) is 0 Å². The number of rotatable bonds is 4. The largest absolute Gasteiger partial charge is 0.394 e. The number of hydrogen-bond donors (Lipinski definition) is 8. The first-order valence-corrected chi connectivity index (χ1v) is 9.89. The van der Waals surface area contributed by atoms with E-state index in [9.17, 15) is 30.0 Å². The van der Waals surface area contributed by atoms with Gasteiger partial charge >= 0.3 is 11.4 Å². The Morgan fingerprint density at radius 3 is 1.76 bits per heavy atom. The minimum atomic E-state index is -1.35. The third-order valence-corrected chi connectivity index (χ3v) is 5.18. The zero-order valence-corrected chi connectivity index (χ0v) is 17.5. The number of aliphatic hydroxyl groups is 6. The number of nitrogens with two attached hydrogens (primary N) is 2. The number of ether oxygens (including phenoxy) is 2. The van der Waals surface area contributed by atoms with Crippen LogP contribution in [0.4, 0.5) is 11.8 Å². The summed E-state index contributed by atoms with van der Waals surface area (Å²) in [6, 6.07) is 1.37. The lowest BCUT2D eigenvalue weighted by Crippen LogP contribution is -2.36. The van der Waals surface area contributed by atoms with Gasteiger partial charge in [0.25, 0.3) is 0 Å². The summed E-state index contributed by atoms with van der Waals surface area (Å²) >= 11 is 0. The molecule has 4 rings (SSSR count). The molecule has 0 aromatic carbocycles. The Hall–Kier alpha value is -3.03. The van der Waals surface area contributed by atoms with Crippen LogP contribution in [0.15, 0.2) is 28.2 Å². The van der Waals surface area contributed by atoms with Gasteiger partial charge in [-0.3, -0.25) is 9.13 Å². The van der Waals surface area contributed by atoms with Crippen molar-refractivity contribution >= 4 is 11.8 Å². The zero-order valence-electron chi connectivity index (χ0n) is 17.5. The Morgan fingerprint density at radius 2 is 1.32 bits per heavy atom. The van der Waals surface area contributed by atoms with Gasteiger partial charge in [0.1, 0.15) is 48.8 Å². The zero-order chi connectivity index (χ0) is 25.2. The maximum Gasteiger partial charge on any atom is 0.354 e. The van der Waals surface area contributed by atoms with E-state index >= 15 is 0 Å². The molecule has 2 aliphatic heterocycles. The number of nitrogen functional groups attached to an aromatic ring is 2. The molecule has 2 aliphatic rings. The van der Waals surface area contributed by atoms with Gasteiger partial charge in [0.2, 0.25) is 5.95 Å². The minimum absolute atomic E-state index is 0.0537. The van der Waals surface area contributed by atoms with Crippen molar-refractivity contribution in [1.82, 2.24) is 24.1 Å². The highest BCUT2D eigenvalue weighted by atomic mass is 16.6. The molecule has 0 amide bonds. The SMILES string of the molecule is Nc1ccn([C@@H]2O[C@H](CO)[C@@H](O)[C@@H]2O)c(=O)n1.Nc1ncn([C@@H]2O[C@H](CO)[C@@H](O)[C@H]2O)c(=O)n1. The molecule has 17 heteroatoms. The third kappa shape index (κ3) is 5.05. The van der Waals surface area contributed by atoms with Crippen LogP contribution in [0.5, 0.6) is 0 Å². The van der Waals surface area contributed by atoms with Gasteiger partial charge in [0.05, 0.1) is 13.2 Å². The number of aliphatic hydroxyl groups excluding tert-OH is 6. The van der Waals surface area contributed by atoms with Gasteiger partial charge in [0.15, 0.2) is 12.5 Å². The molecule has 10 N–H and O–H groups in total. The van der Waals surface area contributed by atoms with Gasteiger partial charge in [-0.15, -0.1) is 0 Å². The van der Waals surface area contributed by atoms with Crippen LogP contribution in [0.2, 0.25) is 0 Å². The van der Waals surface area contributed by atoms with Gasteiger partial charge in [-0.2, -0.15) is 9.97 Å². The molecule has 17 nitrogen and oxygen atoms in total. The van der Waals surface area contributed by atoms with Crippen molar-refractivity contribution in [3.05, 3.63) is 39.6 Å². The van der Waals surface area contributed by atoms with Crippen molar-refractivity contribution < 1.29 is 40.1 Å². The van der Waals surface area contributed by atoms with Crippen LogP contribution in [0, 0.1) is 0 Å². The smallest absolute Gasteiger partial charge is 0.354 e. The molecule has 0 radical (unpaired) electrons. The quantitative estimate of drug-likeness (QED) is 0.199. The average molecular weight is 487 g/mol. The molecule has 4 heterocycles. The van der Waals surface area contributed by atoms with Crippen LogP contribution in [0.1, 0.15) is 12.5 Å². The molecule has 2 aromatic rings. The molecular formula is C17H25N7O10. The Balaban J connectivity index is 0.000000191. The summed E-state index contributed by atoms with van der Waals surface area (Å²) in [6.45, 7) is -0.925. The molecule has 0 aliphatic carbocycles. The number of nitrogens with zero attached hydrogens (tertiary/aromatic N) is 5. The van der Waals surface area contributed by atoms with E-state index in [4.69, 9.17) is 31.2 Å². The normalized spacial score (nSPS) is 32.9. The highest BCUT2D eigenvalue weighted by Crippen LogP contribution is 2.28. The molecular weight excluding hydrogens is 462 g/mol. The Labute approximate surface area is 190 Å². The average Bonchev–Trinajstić information content (AvgIpc) is 3.24. The van der Waals surface area contributed by atoms with E-state index in [1.807, 2.05) is 0 Å². The van der Waals surface area contributed by atoms with Crippen LogP contribution in [-0.4, -0.2) is 105 Å². The number of anilines is 2. The van der Waals surface area contributed by atoms with E-state index in [0.717, 1.165) is 15.5 Å². The van der Waals surface area contributed by atoms with Crippen molar-refractivity contribution in [2.45, 2.75) is 49.1 Å². The summed E-state index contributed by atoms with van der Waals surface area (Å²) in [5, 5.41) is 56.2. The summed E-state index contributed by atoms with van der Waals surface area (Å²) < 4.78 is 12.2. The van der Waals surface area contributed by atoms with E-state index in [1.165, 1.54) is 12.3 Å². The van der Waals surface area contributed by atoms with Crippen LogP contribution in [0.25, 0.3) is 0 Å². The lowest BCUT2D eigenvalue weighted by molar-refractivity contribution is -0.0554. The third-order valence-electron chi connectivity index (χ3n) is 5.18. The van der Waals surface area contributed by atoms with Crippen LogP contribution < -0.4 is 22.8 Å². The predicted octanol–water partition coefficient (Wildman–Crippen LogP) is -5.73. The maximum atomic E-state index is 11.5. The van der Waals surface area contributed by atoms with Crippen LogP contribution in [0.3, 0.4) is 0 Å². The molecule has 8 atom stereocenters. The molecule has 34 heavy (non-hydrogen) atoms. The summed E-state index contributed by atoms with van der Waals surface area (Å²) in [5.74, 6) is -0.143. The first-order chi connectivity index (χ1) is 16.1. The number of hydrogen-bond acceptors (Lipinski definition) is 15. The summed E-state index contributed by atoms with van der Waals surface area (Å²) in [7, 11) is 0. The van der Waals surface area contributed by atoms with Gasteiger partial charge in [-0.1, -0.05) is 0 Å². The summed E-state index contributed by atoms with van der Waals surface area (Å²) in [4.78, 5) is 33.4. The molecule has 0 bridgehead atoms. The minimum Gasteiger partial charge on any atom is -0.394 e. The molecule has 0 spiro atoms. The molecule has 0 saturated carbocycles. The molecule has 2 fully saturated rings. The van der Waals surface area contributed by atoms with Gasteiger partial charge < -0.3 is 51.6 Å². The monoisotopic (exact) mass is 487 g/mol. The second kappa shape index (κ2) is 10.5. The highest BCUT2D eigenvalue weighted by molar-refractivity contribution is 5.23. The van der Waals surface area contributed by atoms with Crippen molar-refractivity contribution in [3.8, 4) is 0 Å². The first-order valence-electron chi connectivity index (χ1n) is 9.89. The fourth-order valence-corrected chi connectivity index (χ4v) is 3.37. The van der Waals surface area contributed by atoms with E-state index in [-0.39, 0.29) is 11.8 Å². The second-order valence-electron chi connectivity index (χ2n) is 7.40. The first kappa shape index (κ1) is 25.6. The summed E-state index contributed by atoms with van der Waals surface area (Å²) in [5.41, 5.74) is 9.09. The van der Waals surface area contributed by atoms with Crippen LogP contribution >= 0.6 is 0 Å². The molecule has 2 saturated heterocycles. The van der Waals surface area contributed by atoms with Crippen molar-refractivity contribution in [2.24, 2.45) is 0 Å². The Kier molecular flexibility index (Phi) is 7.89. The fraction of sp³-hybridized carbons (Fsp3) is 0.588. The standard InChI is InChI=1S/C9H13N3O5.C8H12N4O5/c10-5-1-2-12(9(16)11-5)8-7(15)6(14)4(3-13)17-8;9-7-10-2-12(8(16)11-7)6-5(15)4(14)3(1-13)17-6/h1-2,4,6-8,13-15H,3H2,(H2,10,11,16);2-6,13-15H,1H2,(H2,9,11,16)/t4-,6-,7+,8-;3-,4-,5-,6-/m11/s1. The fourth-order valence-electron chi connectivity index (χ4n) is 3.37. The number of aromatic nitrogens is 5. The van der Waals surface area contributed by atoms with E-state index < -0.39 is 73.7 Å². The van der Waals surface area contributed by atoms with Crippen LogP contribution in [-0.2, 0) is 9.47 Å². The predicted molar refractivity (Wildman–Crippen MR) is 110 cm³/mol. The topological polar surface area (TPSA) is 275 Å². The maximum absolute atomic E-state index is 11.5. The lowest BCUT2D eigenvalue weighted by atomic mass is 10.1. The lowest BCUT2D eigenvalue weighted by Gasteiger charge is -2.16. The molecule has 2 aromatic heterocycles. The Morgan fingerprint density at radius 1 is 0.824 bits per heavy atom. The second-order valence-corrected chi connectivity index (χ2v) is 7.40. The van der Waals surface area contributed by atoms with E-state index in [2.05, 4.69) is 15.0 Å².